The van der Waals surface area contributed by atoms with Crippen LogP contribution in [0.25, 0.3) is 0 Å². The molecule has 0 amide bonds. The van der Waals surface area contributed by atoms with Gasteiger partial charge >= 0.3 is 12.0 Å². The molecule has 0 atom stereocenters. The highest BCUT2D eigenvalue weighted by molar-refractivity contribution is 6.20. The van der Waals surface area contributed by atoms with E-state index in [1.54, 1.807) is 0 Å². The highest BCUT2D eigenvalue weighted by atomic mass is 16.5. The van der Waals surface area contributed by atoms with Gasteiger partial charge in [-0.25, -0.2) is 4.99 Å². The molecule has 9 heteroatoms. The Morgan fingerprint density at radius 2 is 2.03 bits per heavy atom. The number of aliphatic imine (C=N–C) groups is 1. The van der Waals surface area contributed by atoms with Crippen molar-refractivity contribution in [1.82, 2.24) is 15.0 Å². The molecule has 0 radical (unpaired) electrons. The fraction of sp³-hybridized carbons (Fsp3) is 0.593. The molecule has 5 rings (SSSR count). The van der Waals surface area contributed by atoms with Crippen LogP contribution in [0.1, 0.15) is 82.4 Å². The van der Waals surface area contributed by atoms with Gasteiger partial charge in [0.25, 0.3) is 0 Å². The molecule has 3 aliphatic rings. The number of ether oxygens (including phenoxy) is 2. The second kappa shape index (κ2) is 10.8. The zero-order chi connectivity index (χ0) is 25.1. The lowest BCUT2D eigenvalue weighted by atomic mass is 9.79. The van der Waals surface area contributed by atoms with E-state index in [9.17, 15) is 4.79 Å². The maximum atomic E-state index is 11.0. The van der Waals surface area contributed by atoms with Crippen LogP contribution >= 0.6 is 0 Å². The number of nitrogens with zero attached hydrogens (tertiary/aromatic N) is 5. The van der Waals surface area contributed by atoms with Crippen LogP contribution in [-0.2, 0) is 4.79 Å². The summed E-state index contributed by atoms with van der Waals surface area (Å²) in [5.74, 6) is 2.64. The molecule has 0 saturated heterocycles. The molecule has 192 valence electrons. The molecule has 1 aliphatic carbocycles. The number of rotatable bonds is 10. The number of hydrogen-bond acceptors (Lipinski definition) is 8. The van der Waals surface area contributed by atoms with E-state index < -0.39 is 5.97 Å². The summed E-state index contributed by atoms with van der Waals surface area (Å²) in [5, 5.41) is 9.04. The summed E-state index contributed by atoms with van der Waals surface area (Å²) in [7, 11) is 0. The predicted molar refractivity (Wildman–Crippen MR) is 136 cm³/mol. The Bertz CT molecular complexity index is 1110. The van der Waals surface area contributed by atoms with Gasteiger partial charge in [0, 0.05) is 18.0 Å². The van der Waals surface area contributed by atoms with Crippen molar-refractivity contribution in [3.8, 4) is 11.9 Å². The van der Waals surface area contributed by atoms with Crippen molar-refractivity contribution in [1.29, 1.82) is 0 Å². The van der Waals surface area contributed by atoms with Gasteiger partial charge in [0.1, 0.15) is 12.2 Å². The van der Waals surface area contributed by atoms with Gasteiger partial charge < -0.3 is 19.5 Å². The first-order chi connectivity index (χ1) is 17.5. The molecule has 1 N–H and O–H groups in total. The SMILES string of the molecule is CC(C)CCCCOc1nc2c3c(n1)OCCN(c1ccc([C@H]4CC[C@H](CC(=O)O)CC4)nc1)C3=N2. The highest BCUT2D eigenvalue weighted by Crippen LogP contribution is 2.40. The molecular weight excluding hydrogens is 458 g/mol. The first kappa shape index (κ1) is 24.5. The largest absolute Gasteiger partial charge is 0.481 e. The lowest BCUT2D eigenvalue weighted by Crippen LogP contribution is -2.36. The Hall–Kier alpha value is -3.23. The van der Waals surface area contributed by atoms with Crippen molar-refractivity contribution in [2.75, 3.05) is 24.7 Å². The minimum Gasteiger partial charge on any atom is -0.481 e. The van der Waals surface area contributed by atoms with E-state index in [1.165, 1.54) is 6.42 Å². The smallest absolute Gasteiger partial charge is 0.321 e. The predicted octanol–water partition coefficient (Wildman–Crippen LogP) is 5.12. The number of carboxylic acid groups (broad SMARTS) is 1. The van der Waals surface area contributed by atoms with Crippen LogP contribution in [0.15, 0.2) is 23.3 Å². The van der Waals surface area contributed by atoms with Crippen molar-refractivity contribution >= 4 is 23.3 Å². The number of carboxylic acids is 1. The molecule has 9 nitrogen and oxygen atoms in total. The van der Waals surface area contributed by atoms with E-state index >= 15 is 0 Å². The lowest BCUT2D eigenvalue weighted by Gasteiger charge is -2.29. The maximum absolute atomic E-state index is 11.0. The third kappa shape index (κ3) is 5.44. The molecule has 2 aliphatic heterocycles. The molecule has 1 fully saturated rings. The molecule has 0 unspecified atom stereocenters. The van der Waals surface area contributed by atoms with E-state index in [0.29, 0.717) is 55.2 Å². The van der Waals surface area contributed by atoms with Crippen molar-refractivity contribution < 1.29 is 19.4 Å². The van der Waals surface area contributed by atoms with Crippen LogP contribution < -0.4 is 14.4 Å². The summed E-state index contributed by atoms with van der Waals surface area (Å²) in [4.78, 5) is 31.5. The van der Waals surface area contributed by atoms with Crippen molar-refractivity contribution in [3.63, 3.8) is 0 Å². The molecular formula is C27H35N5O4. The van der Waals surface area contributed by atoms with Gasteiger partial charge in [-0.2, -0.15) is 9.97 Å². The number of aromatic nitrogens is 3. The summed E-state index contributed by atoms with van der Waals surface area (Å²) in [6.45, 7) is 6.17. The molecule has 0 bridgehead atoms. The quantitative estimate of drug-likeness (QED) is 0.454. The summed E-state index contributed by atoms with van der Waals surface area (Å²) >= 11 is 0. The van der Waals surface area contributed by atoms with Crippen molar-refractivity contribution in [3.05, 3.63) is 29.6 Å². The summed E-state index contributed by atoms with van der Waals surface area (Å²) in [6, 6.07) is 4.51. The second-order valence-electron chi connectivity index (χ2n) is 10.4. The Morgan fingerprint density at radius 3 is 2.75 bits per heavy atom. The molecule has 2 aromatic rings. The van der Waals surface area contributed by atoms with Gasteiger partial charge in [-0.15, -0.1) is 0 Å². The van der Waals surface area contributed by atoms with Crippen molar-refractivity contribution in [2.24, 2.45) is 16.8 Å². The van der Waals surface area contributed by atoms with Gasteiger partial charge in [0.2, 0.25) is 5.88 Å². The fourth-order valence-electron chi connectivity index (χ4n) is 5.27. The number of hydrogen-bond donors (Lipinski definition) is 1. The number of amidine groups is 1. The van der Waals surface area contributed by atoms with E-state index in [2.05, 4.69) is 45.8 Å². The Kier molecular flexibility index (Phi) is 7.34. The fourth-order valence-corrected chi connectivity index (χ4v) is 5.27. The molecule has 2 aromatic heterocycles. The van der Waals surface area contributed by atoms with Crippen molar-refractivity contribution in [2.45, 2.75) is 71.1 Å². The third-order valence-electron chi connectivity index (χ3n) is 7.30. The first-order valence-corrected chi connectivity index (χ1v) is 13.2. The molecule has 1 saturated carbocycles. The van der Waals surface area contributed by atoms with Crippen LogP contribution in [-0.4, -0.2) is 51.6 Å². The van der Waals surface area contributed by atoms with E-state index in [0.717, 1.165) is 61.3 Å². The topological polar surface area (TPSA) is 110 Å². The highest BCUT2D eigenvalue weighted by Gasteiger charge is 2.35. The van der Waals surface area contributed by atoms with Crippen LogP contribution in [0, 0.1) is 11.8 Å². The van der Waals surface area contributed by atoms with Gasteiger partial charge in [0.15, 0.2) is 11.7 Å². The summed E-state index contributed by atoms with van der Waals surface area (Å²) in [5.41, 5.74) is 2.87. The lowest BCUT2D eigenvalue weighted by molar-refractivity contribution is -0.138. The van der Waals surface area contributed by atoms with Crippen LogP contribution in [0.5, 0.6) is 11.9 Å². The zero-order valence-corrected chi connectivity index (χ0v) is 21.2. The summed E-state index contributed by atoms with van der Waals surface area (Å²) in [6.07, 6.45) is 9.35. The molecule has 0 aromatic carbocycles. The Balaban J connectivity index is 1.21. The molecule has 4 heterocycles. The van der Waals surface area contributed by atoms with Gasteiger partial charge in [0.05, 0.1) is 25.0 Å². The van der Waals surface area contributed by atoms with Gasteiger partial charge in [-0.1, -0.05) is 20.3 Å². The van der Waals surface area contributed by atoms with Crippen LogP contribution in [0.4, 0.5) is 11.5 Å². The van der Waals surface area contributed by atoms with E-state index in [1.807, 2.05) is 6.20 Å². The van der Waals surface area contributed by atoms with Crippen LogP contribution in [0.3, 0.4) is 0 Å². The van der Waals surface area contributed by atoms with Crippen LogP contribution in [0.2, 0.25) is 0 Å². The normalized spacial score (nSPS) is 20.6. The van der Waals surface area contributed by atoms with Gasteiger partial charge in [-0.05, 0) is 62.5 Å². The Labute approximate surface area is 212 Å². The number of pyridine rings is 1. The maximum Gasteiger partial charge on any atom is 0.321 e. The minimum atomic E-state index is -0.697. The number of unbranched alkanes of at least 4 members (excludes halogenated alkanes) is 1. The van der Waals surface area contributed by atoms with E-state index in [-0.39, 0.29) is 6.42 Å². The Morgan fingerprint density at radius 1 is 1.19 bits per heavy atom. The van der Waals surface area contributed by atoms with Gasteiger partial charge in [-0.3, -0.25) is 9.78 Å². The number of carbonyl (C=O) groups is 1. The zero-order valence-electron chi connectivity index (χ0n) is 21.2. The standard InChI is InChI=1S/C27H35N5O4/c1-17(2)5-3-4-13-36-27-30-24-23-25(29-24)32(12-14-35-26(23)31-27)20-10-11-21(28-16-20)19-8-6-18(7-9-19)15-22(33)34/h10-11,16-19H,3-9,12-15H2,1-2H3,(H,33,34)/t18-,19-. The van der Waals surface area contributed by atoms with E-state index in [4.69, 9.17) is 19.6 Å². The summed E-state index contributed by atoms with van der Waals surface area (Å²) < 4.78 is 11.7. The molecule has 36 heavy (non-hydrogen) atoms. The molecule has 0 spiro atoms. The average molecular weight is 494 g/mol. The number of anilines is 1. The number of aliphatic carboxylic acids is 1. The minimum absolute atomic E-state index is 0.275. The first-order valence-electron chi connectivity index (χ1n) is 13.2. The average Bonchev–Trinajstić information content (AvgIpc) is 3.00. The third-order valence-corrected chi connectivity index (χ3v) is 7.30. The second-order valence-corrected chi connectivity index (χ2v) is 10.4. The monoisotopic (exact) mass is 493 g/mol.